The third kappa shape index (κ3) is 5.48. The average molecular weight is 472 g/mol. The fourth-order valence-electron chi connectivity index (χ4n) is 4.23. The highest BCUT2D eigenvalue weighted by Gasteiger charge is 2.24. The lowest BCUT2D eigenvalue weighted by Crippen LogP contribution is -2.47. The standard InChI is InChI=1S/C24H33N5O3S/c1-3-19-4-7-21(8-5-19)33(31,32)26-22-18-20(24(30)29-16-14-27(2)15-17-29)6-9-23(22)28-12-10-25-11-13-28/h4-9,18,25-26H,3,10-17H2,1-2H3. The highest BCUT2D eigenvalue weighted by molar-refractivity contribution is 7.92. The van der Waals surface area contributed by atoms with Crippen LogP contribution in [-0.4, -0.2) is 83.5 Å². The molecule has 0 aliphatic carbocycles. The molecular weight excluding hydrogens is 438 g/mol. The number of piperazine rings is 2. The Morgan fingerprint density at radius 3 is 2.27 bits per heavy atom. The normalized spacial score (nSPS) is 17.8. The Morgan fingerprint density at radius 2 is 1.64 bits per heavy atom. The van der Waals surface area contributed by atoms with Gasteiger partial charge < -0.3 is 20.0 Å². The number of amides is 1. The van der Waals surface area contributed by atoms with Crippen molar-refractivity contribution in [1.29, 1.82) is 0 Å². The van der Waals surface area contributed by atoms with Crippen molar-refractivity contribution in [2.45, 2.75) is 18.2 Å². The lowest BCUT2D eigenvalue weighted by Gasteiger charge is -2.33. The van der Waals surface area contributed by atoms with Gasteiger partial charge in [0.2, 0.25) is 0 Å². The molecule has 2 N–H and O–H groups in total. The molecule has 2 aliphatic heterocycles. The maximum atomic E-state index is 13.2. The Bertz CT molecular complexity index is 1070. The van der Waals surface area contributed by atoms with Crippen molar-refractivity contribution in [3.63, 3.8) is 0 Å². The van der Waals surface area contributed by atoms with Crippen LogP contribution in [-0.2, 0) is 16.4 Å². The lowest BCUT2D eigenvalue weighted by molar-refractivity contribution is 0.0664. The maximum Gasteiger partial charge on any atom is 0.261 e. The van der Waals surface area contributed by atoms with Crippen LogP contribution in [0.5, 0.6) is 0 Å². The topological polar surface area (TPSA) is 85.0 Å². The molecule has 2 aliphatic rings. The minimum absolute atomic E-state index is 0.0669. The average Bonchev–Trinajstić information content (AvgIpc) is 2.84. The Hall–Kier alpha value is -2.62. The van der Waals surface area contributed by atoms with Gasteiger partial charge in [-0.25, -0.2) is 8.42 Å². The van der Waals surface area contributed by atoms with Crippen LogP contribution in [0.2, 0.25) is 0 Å². The summed E-state index contributed by atoms with van der Waals surface area (Å²) < 4.78 is 29.2. The van der Waals surface area contributed by atoms with E-state index in [1.807, 2.05) is 43.1 Å². The van der Waals surface area contributed by atoms with E-state index < -0.39 is 10.0 Å². The first-order valence-electron chi connectivity index (χ1n) is 11.6. The molecule has 0 bridgehead atoms. The fourth-order valence-corrected chi connectivity index (χ4v) is 5.30. The van der Waals surface area contributed by atoms with Crippen LogP contribution >= 0.6 is 0 Å². The van der Waals surface area contributed by atoms with E-state index in [2.05, 4.69) is 19.8 Å². The van der Waals surface area contributed by atoms with E-state index >= 15 is 0 Å². The number of benzene rings is 2. The molecule has 178 valence electrons. The van der Waals surface area contributed by atoms with Crippen molar-refractivity contribution in [3.05, 3.63) is 53.6 Å². The van der Waals surface area contributed by atoms with Gasteiger partial charge >= 0.3 is 0 Å². The Kier molecular flexibility index (Phi) is 7.21. The van der Waals surface area contributed by atoms with Gasteiger partial charge in [-0.1, -0.05) is 19.1 Å². The number of likely N-dealkylation sites (N-methyl/N-ethyl adjacent to an activating group) is 1. The van der Waals surface area contributed by atoms with E-state index in [4.69, 9.17) is 0 Å². The van der Waals surface area contributed by atoms with Crippen LogP contribution in [0.4, 0.5) is 11.4 Å². The van der Waals surface area contributed by atoms with E-state index in [1.54, 1.807) is 18.2 Å². The van der Waals surface area contributed by atoms with Gasteiger partial charge in [0.05, 0.1) is 16.3 Å². The number of aryl methyl sites for hydroxylation is 1. The summed E-state index contributed by atoms with van der Waals surface area (Å²) in [5.74, 6) is -0.0669. The van der Waals surface area contributed by atoms with Gasteiger partial charge in [-0.15, -0.1) is 0 Å². The zero-order valence-corrected chi connectivity index (χ0v) is 20.2. The minimum atomic E-state index is -3.80. The number of hydrogen-bond acceptors (Lipinski definition) is 6. The predicted molar refractivity (Wildman–Crippen MR) is 132 cm³/mol. The van der Waals surface area contributed by atoms with Crippen LogP contribution in [0.15, 0.2) is 47.4 Å². The summed E-state index contributed by atoms with van der Waals surface area (Å²) in [5.41, 5.74) is 2.81. The number of hydrogen-bond donors (Lipinski definition) is 2. The fraction of sp³-hybridized carbons (Fsp3) is 0.458. The summed E-state index contributed by atoms with van der Waals surface area (Å²) in [7, 11) is -1.75. The van der Waals surface area contributed by atoms with Crippen LogP contribution in [0.1, 0.15) is 22.8 Å². The SMILES string of the molecule is CCc1ccc(S(=O)(=O)Nc2cc(C(=O)N3CCN(C)CC3)ccc2N2CCNCC2)cc1. The molecule has 1 amide bonds. The number of rotatable bonds is 6. The van der Waals surface area contributed by atoms with Gasteiger partial charge in [-0.2, -0.15) is 0 Å². The zero-order valence-electron chi connectivity index (χ0n) is 19.4. The van der Waals surface area contributed by atoms with Gasteiger partial charge in [0, 0.05) is 57.9 Å². The highest BCUT2D eigenvalue weighted by atomic mass is 32.2. The molecule has 2 saturated heterocycles. The van der Waals surface area contributed by atoms with E-state index in [0.29, 0.717) is 24.3 Å². The molecule has 0 atom stereocenters. The van der Waals surface area contributed by atoms with Gasteiger partial charge in [0.25, 0.3) is 15.9 Å². The first kappa shape index (κ1) is 23.5. The van der Waals surface area contributed by atoms with Gasteiger partial charge in [-0.3, -0.25) is 9.52 Å². The summed E-state index contributed by atoms with van der Waals surface area (Å²) in [6, 6.07) is 12.3. The molecule has 2 aromatic carbocycles. The second-order valence-corrected chi connectivity index (χ2v) is 10.3. The molecular formula is C24H33N5O3S. The van der Waals surface area contributed by atoms with Crippen LogP contribution in [0, 0.1) is 0 Å². The largest absolute Gasteiger partial charge is 0.367 e. The molecule has 33 heavy (non-hydrogen) atoms. The van der Waals surface area contributed by atoms with Crippen molar-refractivity contribution >= 4 is 27.3 Å². The Balaban J connectivity index is 1.65. The van der Waals surface area contributed by atoms with Crippen LogP contribution < -0.4 is 14.9 Å². The second kappa shape index (κ2) is 10.1. The van der Waals surface area contributed by atoms with Crippen LogP contribution in [0.25, 0.3) is 0 Å². The first-order valence-corrected chi connectivity index (χ1v) is 13.0. The highest BCUT2D eigenvalue weighted by Crippen LogP contribution is 2.30. The predicted octanol–water partition coefficient (Wildman–Crippen LogP) is 1.85. The quantitative estimate of drug-likeness (QED) is 0.669. The molecule has 0 radical (unpaired) electrons. The van der Waals surface area contributed by atoms with E-state index in [1.165, 1.54) is 0 Å². The van der Waals surface area contributed by atoms with Crippen molar-refractivity contribution in [3.8, 4) is 0 Å². The summed E-state index contributed by atoms with van der Waals surface area (Å²) in [5, 5.41) is 3.32. The molecule has 2 fully saturated rings. The molecule has 4 rings (SSSR count). The molecule has 0 unspecified atom stereocenters. The van der Waals surface area contributed by atoms with Crippen molar-refractivity contribution in [1.82, 2.24) is 15.1 Å². The second-order valence-electron chi connectivity index (χ2n) is 8.67. The molecule has 2 aromatic rings. The number of carbonyl (C=O) groups excluding carboxylic acids is 1. The van der Waals surface area contributed by atoms with Crippen LogP contribution in [0.3, 0.4) is 0 Å². The molecule has 0 spiro atoms. The summed E-state index contributed by atoms with van der Waals surface area (Å²) in [6.45, 7) is 8.22. The van der Waals surface area contributed by atoms with E-state index in [-0.39, 0.29) is 10.8 Å². The number of sulfonamides is 1. The molecule has 0 aromatic heterocycles. The van der Waals surface area contributed by atoms with Crippen molar-refractivity contribution in [2.24, 2.45) is 0 Å². The Morgan fingerprint density at radius 1 is 0.970 bits per heavy atom. The van der Waals surface area contributed by atoms with Gasteiger partial charge in [0.15, 0.2) is 0 Å². The van der Waals surface area contributed by atoms with Gasteiger partial charge in [-0.05, 0) is 49.4 Å². The lowest BCUT2D eigenvalue weighted by atomic mass is 10.1. The van der Waals surface area contributed by atoms with Gasteiger partial charge in [0.1, 0.15) is 0 Å². The van der Waals surface area contributed by atoms with Crippen molar-refractivity contribution in [2.75, 3.05) is 69.0 Å². The number of nitrogens with one attached hydrogen (secondary N) is 2. The zero-order chi connectivity index (χ0) is 23.4. The third-order valence-corrected chi connectivity index (χ3v) is 7.76. The molecule has 9 heteroatoms. The maximum absolute atomic E-state index is 13.2. The van der Waals surface area contributed by atoms with E-state index in [9.17, 15) is 13.2 Å². The molecule has 0 saturated carbocycles. The summed E-state index contributed by atoms with van der Waals surface area (Å²) >= 11 is 0. The smallest absolute Gasteiger partial charge is 0.261 e. The monoisotopic (exact) mass is 471 g/mol. The number of carbonyl (C=O) groups is 1. The summed E-state index contributed by atoms with van der Waals surface area (Å²) in [4.78, 5) is 19.6. The first-order chi connectivity index (χ1) is 15.9. The third-order valence-electron chi connectivity index (χ3n) is 6.38. The van der Waals surface area contributed by atoms with E-state index in [0.717, 1.165) is 56.9 Å². The number of anilines is 2. The number of nitrogens with zero attached hydrogens (tertiary/aromatic N) is 3. The Labute approximate surface area is 196 Å². The van der Waals surface area contributed by atoms with Crippen molar-refractivity contribution < 1.29 is 13.2 Å². The summed E-state index contributed by atoms with van der Waals surface area (Å²) in [6.07, 6.45) is 0.845. The molecule has 8 nitrogen and oxygen atoms in total. The molecule has 2 heterocycles. The minimum Gasteiger partial charge on any atom is -0.367 e.